The van der Waals surface area contributed by atoms with Crippen LogP contribution in [-0.4, -0.2) is 5.16 Å². The van der Waals surface area contributed by atoms with Crippen molar-refractivity contribution < 1.29 is 8.91 Å². The Kier molecular flexibility index (Phi) is 2.83. The summed E-state index contributed by atoms with van der Waals surface area (Å²) < 4.78 is 19.2. The molecule has 0 amide bonds. The number of hydrogen-bond acceptors (Lipinski definition) is 3. The summed E-state index contributed by atoms with van der Waals surface area (Å²) in [6.45, 7) is 2.88. The summed E-state index contributed by atoms with van der Waals surface area (Å²) in [5.41, 5.74) is 4.84. The maximum atomic E-state index is 14.2. The van der Waals surface area contributed by atoms with Gasteiger partial charge in [-0.3, -0.25) is 0 Å². The molecule has 0 spiro atoms. The Morgan fingerprint density at radius 3 is 2.65 bits per heavy atom. The number of halogens is 2. The van der Waals surface area contributed by atoms with Crippen LogP contribution in [0.25, 0.3) is 11.3 Å². The first kappa shape index (κ1) is 11.9. The van der Waals surface area contributed by atoms with Crippen LogP contribution in [0.5, 0.6) is 0 Å². The molecule has 2 N–H and O–H groups in total. The third-order valence-corrected chi connectivity index (χ3v) is 2.72. The highest BCUT2D eigenvalue weighted by molar-refractivity contribution is 6.31. The summed E-state index contributed by atoms with van der Waals surface area (Å²) in [5, 5.41) is 3.93. The highest BCUT2D eigenvalue weighted by Gasteiger charge is 2.27. The zero-order chi connectivity index (χ0) is 12.6. The minimum Gasteiger partial charge on any atom is -0.381 e. The number of benzene rings is 1. The van der Waals surface area contributed by atoms with Gasteiger partial charge in [-0.05, 0) is 19.9 Å². The van der Waals surface area contributed by atoms with Crippen LogP contribution in [0.4, 0.5) is 10.2 Å². The van der Waals surface area contributed by atoms with E-state index in [0.29, 0.717) is 21.9 Å². The third kappa shape index (κ3) is 2.26. The lowest BCUT2D eigenvalue weighted by Crippen LogP contribution is -2.11. The quantitative estimate of drug-likeness (QED) is 0.887. The number of nitrogens with zero attached hydrogens (tertiary/aromatic N) is 1. The van der Waals surface area contributed by atoms with E-state index in [4.69, 9.17) is 21.9 Å². The van der Waals surface area contributed by atoms with E-state index in [2.05, 4.69) is 5.16 Å². The molecule has 0 atom stereocenters. The van der Waals surface area contributed by atoms with Crippen LogP contribution < -0.4 is 5.73 Å². The standard InChI is InChI=1S/C12H12ClFN2O/c1-12(2,14)11-7(4-3-5-8(11)13)9-6-10(15)16-17-9/h3-6H,1-2H3,(H2,15,16). The molecule has 0 aliphatic heterocycles. The van der Waals surface area contributed by atoms with Gasteiger partial charge in [0.1, 0.15) is 5.67 Å². The number of nitrogens with two attached hydrogens (primary N) is 1. The average molecular weight is 255 g/mol. The Labute approximate surface area is 103 Å². The Bertz CT molecular complexity index is 546. The van der Waals surface area contributed by atoms with E-state index in [0.717, 1.165) is 0 Å². The fourth-order valence-corrected chi connectivity index (χ4v) is 2.15. The molecule has 0 fully saturated rings. The Morgan fingerprint density at radius 1 is 1.41 bits per heavy atom. The van der Waals surface area contributed by atoms with Gasteiger partial charge in [0.25, 0.3) is 0 Å². The van der Waals surface area contributed by atoms with Crippen molar-refractivity contribution in [2.75, 3.05) is 5.73 Å². The van der Waals surface area contributed by atoms with Gasteiger partial charge < -0.3 is 10.3 Å². The Balaban J connectivity index is 2.66. The molecule has 5 heteroatoms. The van der Waals surface area contributed by atoms with E-state index in [1.54, 1.807) is 24.3 Å². The van der Waals surface area contributed by atoms with E-state index >= 15 is 0 Å². The van der Waals surface area contributed by atoms with Gasteiger partial charge in [-0.2, -0.15) is 0 Å². The summed E-state index contributed by atoms with van der Waals surface area (Å²) in [6.07, 6.45) is 0. The number of anilines is 1. The van der Waals surface area contributed by atoms with E-state index < -0.39 is 5.67 Å². The van der Waals surface area contributed by atoms with Crippen LogP contribution in [0.15, 0.2) is 28.8 Å². The first-order chi connectivity index (χ1) is 7.89. The average Bonchev–Trinajstić information content (AvgIpc) is 2.62. The van der Waals surface area contributed by atoms with Crippen LogP contribution in [-0.2, 0) is 5.67 Å². The first-order valence-electron chi connectivity index (χ1n) is 5.10. The Hall–Kier alpha value is -1.55. The molecule has 1 aromatic carbocycles. The smallest absolute Gasteiger partial charge is 0.169 e. The van der Waals surface area contributed by atoms with Crippen molar-refractivity contribution in [1.29, 1.82) is 0 Å². The maximum absolute atomic E-state index is 14.2. The van der Waals surface area contributed by atoms with Crippen molar-refractivity contribution in [2.45, 2.75) is 19.5 Å². The normalized spacial score (nSPS) is 11.8. The van der Waals surface area contributed by atoms with E-state index in [9.17, 15) is 4.39 Å². The maximum Gasteiger partial charge on any atom is 0.169 e. The summed E-state index contributed by atoms with van der Waals surface area (Å²) >= 11 is 6.04. The van der Waals surface area contributed by atoms with Crippen molar-refractivity contribution >= 4 is 17.4 Å². The molecule has 2 aromatic rings. The first-order valence-corrected chi connectivity index (χ1v) is 5.48. The largest absolute Gasteiger partial charge is 0.381 e. The topological polar surface area (TPSA) is 52.0 Å². The van der Waals surface area contributed by atoms with Gasteiger partial charge in [-0.1, -0.05) is 28.9 Å². The molecule has 1 aromatic heterocycles. The minimum absolute atomic E-state index is 0.252. The predicted molar refractivity (Wildman–Crippen MR) is 65.5 cm³/mol. The van der Waals surface area contributed by atoms with Crippen LogP contribution in [0.2, 0.25) is 5.02 Å². The summed E-state index contributed by atoms with van der Waals surface area (Å²) in [6, 6.07) is 6.64. The van der Waals surface area contributed by atoms with Gasteiger partial charge in [0.2, 0.25) is 0 Å². The second-order valence-electron chi connectivity index (χ2n) is 4.25. The van der Waals surface area contributed by atoms with E-state index in [1.807, 2.05) is 0 Å². The van der Waals surface area contributed by atoms with Gasteiger partial charge in [0.05, 0.1) is 0 Å². The lowest BCUT2D eigenvalue weighted by Gasteiger charge is -2.19. The molecule has 0 saturated carbocycles. The van der Waals surface area contributed by atoms with Crippen LogP contribution >= 0.6 is 11.6 Å². The number of hydrogen-bond donors (Lipinski definition) is 1. The van der Waals surface area contributed by atoms with Crippen molar-refractivity contribution in [3.8, 4) is 11.3 Å². The summed E-state index contributed by atoms with van der Waals surface area (Å²) in [4.78, 5) is 0. The monoisotopic (exact) mass is 254 g/mol. The Morgan fingerprint density at radius 2 is 2.12 bits per heavy atom. The predicted octanol–water partition coefficient (Wildman–Crippen LogP) is 3.78. The molecule has 0 aliphatic carbocycles. The molecule has 90 valence electrons. The number of nitrogen functional groups attached to an aromatic ring is 1. The molecular weight excluding hydrogens is 243 g/mol. The fraction of sp³-hybridized carbons (Fsp3) is 0.250. The fourth-order valence-electron chi connectivity index (χ4n) is 1.75. The number of rotatable bonds is 2. The van der Waals surface area contributed by atoms with E-state index in [-0.39, 0.29) is 5.82 Å². The molecular formula is C12H12ClFN2O. The minimum atomic E-state index is -1.57. The molecule has 0 saturated heterocycles. The van der Waals surface area contributed by atoms with Gasteiger partial charge in [0, 0.05) is 22.2 Å². The van der Waals surface area contributed by atoms with Gasteiger partial charge in [-0.25, -0.2) is 4.39 Å². The molecule has 3 nitrogen and oxygen atoms in total. The molecule has 0 radical (unpaired) electrons. The SMILES string of the molecule is CC(C)(F)c1c(Cl)cccc1-c1cc(N)no1. The highest BCUT2D eigenvalue weighted by Crippen LogP contribution is 2.39. The van der Waals surface area contributed by atoms with Crippen LogP contribution in [0, 0.1) is 0 Å². The second-order valence-corrected chi connectivity index (χ2v) is 4.66. The van der Waals surface area contributed by atoms with Crippen molar-refractivity contribution in [3.05, 3.63) is 34.9 Å². The number of alkyl halides is 1. The lowest BCUT2D eigenvalue weighted by molar-refractivity contribution is 0.222. The lowest BCUT2D eigenvalue weighted by atomic mass is 9.93. The molecule has 0 unspecified atom stereocenters. The zero-order valence-electron chi connectivity index (χ0n) is 9.50. The number of aromatic nitrogens is 1. The molecule has 0 bridgehead atoms. The molecule has 0 aliphatic rings. The third-order valence-electron chi connectivity index (χ3n) is 2.40. The van der Waals surface area contributed by atoms with Crippen LogP contribution in [0.1, 0.15) is 19.4 Å². The molecule has 1 heterocycles. The van der Waals surface area contributed by atoms with Gasteiger partial charge >= 0.3 is 0 Å². The van der Waals surface area contributed by atoms with Crippen LogP contribution in [0.3, 0.4) is 0 Å². The zero-order valence-corrected chi connectivity index (χ0v) is 10.3. The van der Waals surface area contributed by atoms with Crippen molar-refractivity contribution in [1.82, 2.24) is 5.16 Å². The summed E-state index contributed by atoms with van der Waals surface area (Å²) in [5.74, 6) is 0.660. The second kappa shape index (κ2) is 4.04. The molecule has 2 rings (SSSR count). The van der Waals surface area contributed by atoms with Gasteiger partial charge in [-0.15, -0.1) is 0 Å². The highest BCUT2D eigenvalue weighted by atomic mass is 35.5. The van der Waals surface area contributed by atoms with Crippen molar-refractivity contribution in [3.63, 3.8) is 0 Å². The molecule has 17 heavy (non-hydrogen) atoms. The van der Waals surface area contributed by atoms with Crippen molar-refractivity contribution in [2.24, 2.45) is 0 Å². The van der Waals surface area contributed by atoms with E-state index in [1.165, 1.54) is 13.8 Å². The summed E-state index contributed by atoms with van der Waals surface area (Å²) in [7, 11) is 0. The van der Waals surface area contributed by atoms with Gasteiger partial charge in [0.15, 0.2) is 11.6 Å².